The lowest BCUT2D eigenvalue weighted by molar-refractivity contribution is 0.0796. The van der Waals surface area contributed by atoms with E-state index in [9.17, 15) is 4.79 Å². The zero-order valence-corrected chi connectivity index (χ0v) is 12.5. The van der Waals surface area contributed by atoms with E-state index in [0.29, 0.717) is 22.2 Å². The molecule has 0 saturated carbocycles. The third kappa shape index (κ3) is 3.71. The third-order valence-corrected chi connectivity index (χ3v) is 3.74. The standard InChI is InChI=1S/C15H14Cl2N2O/c1-19(9-6-11-4-7-18-8-5-11)15(20)12-2-3-13(16)14(17)10-12/h2-5,7-8,10H,6,9H2,1H3. The Bertz CT molecular complexity index is 602. The van der Waals surface area contributed by atoms with Gasteiger partial charge in [-0.3, -0.25) is 9.78 Å². The molecular formula is C15H14Cl2N2O. The Hall–Kier alpha value is -1.58. The van der Waals surface area contributed by atoms with Crippen LogP contribution in [0.15, 0.2) is 42.7 Å². The number of carbonyl (C=O) groups excluding carboxylic acids is 1. The van der Waals surface area contributed by atoms with E-state index in [1.165, 1.54) is 0 Å². The van der Waals surface area contributed by atoms with Gasteiger partial charge in [0.15, 0.2) is 0 Å². The van der Waals surface area contributed by atoms with E-state index >= 15 is 0 Å². The van der Waals surface area contributed by atoms with Gasteiger partial charge in [0.25, 0.3) is 5.91 Å². The van der Waals surface area contributed by atoms with Crippen LogP contribution in [0.4, 0.5) is 0 Å². The summed E-state index contributed by atoms with van der Waals surface area (Å²) in [5.74, 6) is -0.0716. The predicted octanol–water partition coefficient (Wildman–Crippen LogP) is 3.70. The Balaban J connectivity index is 1.99. The fourth-order valence-electron chi connectivity index (χ4n) is 1.80. The quantitative estimate of drug-likeness (QED) is 0.863. The van der Waals surface area contributed by atoms with Crippen LogP contribution in [0.2, 0.25) is 10.0 Å². The maximum atomic E-state index is 12.2. The second-order valence-electron chi connectivity index (χ2n) is 4.46. The first-order chi connectivity index (χ1) is 9.58. The number of pyridine rings is 1. The van der Waals surface area contributed by atoms with Crippen molar-refractivity contribution in [2.75, 3.05) is 13.6 Å². The molecule has 0 bridgehead atoms. The minimum absolute atomic E-state index is 0.0716. The van der Waals surface area contributed by atoms with Gasteiger partial charge < -0.3 is 4.90 Å². The van der Waals surface area contributed by atoms with Crippen molar-refractivity contribution >= 4 is 29.1 Å². The molecule has 1 amide bonds. The number of rotatable bonds is 4. The molecule has 1 heterocycles. The van der Waals surface area contributed by atoms with E-state index in [-0.39, 0.29) is 5.91 Å². The van der Waals surface area contributed by atoms with Gasteiger partial charge in [-0.1, -0.05) is 23.2 Å². The molecule has 2 aromatic rings. The minimum Gasteiger partial charge on any atom is -0.341 e. The van der Waals surface area contributed by atoms with Crippen LogP contribution in [-0.2, 0) is 6.42 Å². The number of nitrogens with zero attached hydrogens (tertiary/aromatic N) is 2. The molecule has 0 spiro atoms. The molecule has 20 heavy (non-hydrogen) atoms. The molecule has 5 heteroatoms. The predicted molar refractivity (Wildman–Crippen MR) is 81.4 cm³/mol. The van der Waals surface area contributed by atoms with Crippen LogP contribution in [0.25, 0.3) is 0 Å². The molecule has 0 aliphatic carbocycles. The van der Waals surface area contributed by atoms with Crippen molar-refractivity contribution in [3.8, 4) is 0 Å². The first-order valence-electron chi connectivity index (χ1n) is 6.17. The van der Waals surface area contributed by atoms with Crippen LogP contribution in [0.5, 0.6) is 0 Å². The summed E-state index contributed by atoms with van der Waals surface area (Å²) in [5, 5.41) is 0.836. The molecule has 0 aliphatic heterocycles. The lowest BCUT2D eigenvalue weighted by Crippen LogP contribution is -2.28. The lowest BCUT2D eigenvalue weighted by atomic mass is 10.1. The molecule has 3 nitrogen and oxygen atoms in total. The van der Waals surface area contributed by atoms with Crippen molar-refractivity contribution in [1.82, 2.24) is 9.88 Å². The molecule has 0 saturated heterocycles. The average Bonchev–Trinajstić information content (AvgIpc) is 2.48. The summed E-state index contributed by atoms with van der Waals surface area (Å²) in [6.45, 7) is 0.628. The summed E-state index contributed by atoms with van der Waals surface area (Å²) in [6, 6.07) is 8.79. The number of likely N-dealkylation sites (N-methyl/N-ethyl adjacent to an activating group) is 1. The summed E-state index contributed by atoms with van der Waals surface area (Å²) < 4.78 is 0. The molecule has 0 atom stereocenters. The topological polar surface area (TPSA) is 33.2 Å². The summed E-state index contributed by atoms with van der Waals surface area (Å²) in [4.78, 5) is 17.9. The molecule has 0 aliphatic rings. The van der Waals surface area contributed by atoms with Crippen molar-refractivity contribution in [1.29, 1.82) is 0 Å². The maximum Gasteiger partial charge on any atom is 0.253 e. The molecule has 0 radical (unpaired) electrons. The largest absolute Gasteiger partial charge is 0.341 e. The lowest BCUT2D eigenvalue weighted by Gasteiger charge is -2.17. The molecule has 1 aromatic carbocycles. The number of hydrogen-bond donors (Lipinski definition) is 0. The van der Waals surface area contributed by atoms with Crippen LogP contribution in [0, 0.1) is 0 Å². The summed E-state index contributed by atoms with van der Waals surface area (Å²) in [6.07, 6.45) is 4.28. The summed E-state index contributed by atoms with van der Waals surface area (Å²) >= 11 is 11.8. The number of carbonyl (C=O) groups is 1. The van der Waals surface area contributed by atoms with Crippen LogP contribution >= 0.6 is 23.2 Å². The van der Waals surface area contributed by atoms with Crippen molar-refractivity contribution in [3.05, 3.63) is 63.9 Å². The average molecular weight is 309 g/mol. The molecule has 1 aromatic heterocycles. The van der Waals surface area contributed by atoms with E-state index in [1.54, 1.807) is 42.5 Å². The first kappa shape index (κ1) is 14.8. The van der Waals surface area contributed by atoms with Crippen LogP contribution in [-0.4, -0.2) is 29.4 Å². The Morgan fingerprint density at radius 2 is 1.85 bits per heavy atom. The van der Waals surface area contributed by atoms with E-state index in [0.717, 1.165) is 12.0 Å². The molecular weight excluding hydrogens is 295 g/mol. The highest BCUT2D eigenvalue weighted by Crippen LogP contribution is 2.23. The van der Waals surface area contributed by atoms with Gasteiger partial charge in [-0.2, -0.15) is 0 Å². The first-order valence-corrected chi connectivity index (χ1v) is 6.93. The van der Waals surface area contributed by atoms with Crippen molar-refractivity contribution in [2.45, 2.75) is 6.42 Å². The zero-order chi connectivity index (χ0) is 14.5. The smallest absolute Gasteiger partial charge is 0.253 e. The highest BCUT2D eigenvalue weighted by Gasteiger charge is 2.12. The van der Waals surface area contributed by atoms with E-state index in [1.807, 2.05) is 12.1 Å². The highest BCUT2D eigenvalue weighted by molar-refractivity contribution is 6.42. The van der Waals surface area contributed by atoms with Gasteiger partial charge >= 0.3 is 0 Å². The number of aromatic nitrogens is 1. The van der Waals surface area contributed by atoms with Crippen molar-refractivity contribution in [2.24, 2.45) is 0 Å². The monoisotopic (exact) mass is 308 g/mol. The molecule has 0 N–H and O–H groups in total. The normalized spacial score (nSPS) is 10.3. The Kier molecular flexibility index (Phi) is 4.99. The van der Waals surface area contributed by atoms with Crippen molar-refractivity contribution in [3.63, 3.8) is 0 Å². The number of hydrogen-bond acceptors (Lipinski definition) is 2. The van der Waals surface area contributed by atoms with E-state index in [2.05, 4.69) is 4.98 Å². The van der Waals surface area contributed by atoms with E-state index < -0.39 is 0 Å². The number of halogens is 2. The number of benzene rings is 1. The Morgan fingerprint density at radius 1 is 1.15 bits per heavy atom. The second-order valence-corrected chi connectivity index (χ2v) is 5.28. The van der Waals surface area contributed by atoms with Crippen LogP contribution in [0.3, 0.4) is 0 Å². The van der Waals surface area contributed by atoms with Gasteiger partial charge in [0.1, 0.15) is 0 Å². The summed E-state index contributed by atoms with van der Waals surface area (Å²) in [7, 11) is 1.77. The van der Waals surface area contributed by atoms with Gasteiger partial charge in [0.05, 0.1) is 10.0 Å². The third-order valence-electron chi connectivity index (χ3n) is 3.00. The SMILES string of the molecule is CN(CCc1ccncc1)C(=O)c1ccc(Cl)c(Cl)c1. The van der Waals surface area contributed by atoms with Gasteiger partial charge in [0, 0.05) is 31.5 Å². The van der Waals surface area contributed by atoms with Gasteiger partial charge in [-0.05, 0) is 42.3 Å². The van der Waals surface area contributed by atoms with Crippen molar-refractivity contribution < 1.29 is 4.79 Å². The minimum atomic E-state index is -0.0716. The molecule has 0 unspecified atom stereocenters. The fraction of sp³-hybridized carbons (Fsp3) is 0.200. The highest BCUT2D eigenvalue weighted by atomic mass is 35.5. The molecule has 104 valence electrons. The Labute approximate surface area is 128 Å². The van der Waals surface area contributed by atoms with Gasteiger partial charge in [-0.25, -0.2) is 0 Å². The number of amides is 1. The maximum absolute atomic E-state index is 12.2. The molecule has 0 fully saturated rings. The fourth-order valence-corrected chi connectivity index (χ4v) is 2.10. The van der Waals surface area contributed by atoms with E-state index in [4.69, 9.17) is 23.2 Å². The van der Waals surface area contributed by atoms with Gasteiger partial charge in [-0.15, -0.1) is 0 Å². The Morgan fingerprint density at radius 3 is 2.50 bits per heavy atom. The zero-order valence-electron chi connectivity index (χ0n) is 11.0. The molecule has 2 rings (SSSR count). The summed E-state index contributed by atoms with van der Waals surface area (Å²) in [5.41, 5.74) is 1.69. The van der Waals surface area contributed by atoms with Gasteiger partial charge in [0.2, 0.25) is 0 Å². The van der Waals surface area contributed by atoms with Crippen LogP contribution in [0.1, 0.15) is 15.9 Å². The second kappa shape index (κ2) is 6.73. The van der Waals surface area contributed by atoms with Crippen LogP contribution < -0.4 is 0 Å².